The van der Waals surface area contributed by atoms with Crippen LogP contribution in [-0.4, -0.2) is 25.3 Å². The molecule has 141 valence electrons. The normalized spacial score (nSPS) is 13.8. The number of hydrogen-bond donors (Lipinski definition) is 4. The molecule has 0 atom stereocenters. The van der Waals surface area contributed by atoms with Crippen LogP contribution in [0.15, 0.2) is 30.3 Å². The predicted molar refractivity (Wildman–Crippen MR) is 105 cm³/mol. The fourth-order valence-electron chi connectivity index (χ4n) is 3.75. The van der Waals surface area contributed by atoms with Gasteiger partial charge in [-0.3, -0.25) is 5.10 Å². The Kier molecular flexibility index (Phi) is 3.91. The highest BCUT2D eigenvalue weighted by Gasteiger charge is 2.19. The summed E-state index contributed by atoms with van der Waals surface area (Å²) in [5.41, 5.74) is 6.26. The van der Waals surface area contributed by atoms with Gasteiger partial charge in [-0.25, -0.2) is 9.37 Å². The highest BCUT2D eigenvalue weighted by molar-refractivity contribution is 5.94. The monoisotopic (exact) mass is 376 g/mol. The molecule has 0 saturated carbocycles. The van der Waals surface area contributed by atoms with Crippen molar-refractivity contribution >= 4 is 10.9 Å². The van der Waals surface area contributed by atoms with Crippen molar-refractivity contribution in [1.29, 1.82) is 0 Å². The summed E-state index contributed by atoms with van der Waals surface area (Å²) >= 11 is 0. The summed E-state index contributed by atoms with van der Waals surface area (Å²) in [6.07, 6.45) is 1.48. The van der Waals surface area contributed by atoms with E-state index in [0.29, 0.717) is 6.42 Å². The van der Waals surface area contributed by atoms with Crippen LogP contribution in [0.3, 0.4) is 0 Å². The van der Waals surface area contributed by atoms with Gasteiger partial charge in [0, 0.05) is 24.9 Å². The SMILES string of the molecule is CCc1cc(O)c(F)cc1-c1ccc2c(-c3nc4c([nH]3)CN[CH]C4)n[nH]c2c1. The molecular formula is C21H19FN5O. The Balaban J connectivity index is 1.59. The Morgan fingerprint density at radius 2 is 2.11 bits per heavy atom. The quantitative estimate of drug-likeness (QED) is 0.437. The van der Waals surface area contributed by atoms with Crippen LogP contribution in [0.25, 0.3) is 33.5 Å². The van der Waals surface area contributed by atoms with E-state index < -0.39 is 5.82 Å². The molecule has 6 nitrogen and oxygen atoms in total. The number of phenols is 1. The molecule has 4 aromatic rings. The summed E-state index contributed by atoms with van der Waals surface area (Å²) in [6.45, 7) is 4.72. The van der Waals surface area contributed by atoms with Crippen molar-refractivity contribution in [2.24, 2.45) is 0 Å². The number of fused-ring (bicyclic) bond motifs is 2. The molecule has 1 aliphatic rings. The zero-order chi connectivity index (χ0) is 19.3. The first-order valence-corrected chi connectivity index (χ1v) is 9.27. The van der Waals surface area contributed by atoms with E-state index in [1.54, 1.807) is 0 Å². The van der Waals surface area contributed by atoms with Gasteiger partial charge >= 0.3 is 0 Å². The number of benzene rings is 2. The molecule has 5 rings (SSSR count). The Morgan fingerprint density at radius 3 is 2.93 bits per heavy atom. The highest BCUT2D eigenvalue weighted by Crippen LogP contribution is 2.33. The minimum Gasteiger partial charge on any atom is -0.505 e. The van der Waals surface area contributed by atoms with E-state index in [4.69, 9.17) is 0 Å². The van der Waals surface area contributed by atoms with Crippen LogP contribution in [0.2, 0.25) is 0 Å². The Labute approximate surface area is 160 Å². The molecule has 2 aromatic heterocycles. The number of phenolic OH excluding ortho intramolecular Hbond substituents is 1. The number of aromatic nitrogens is 4. The highest BCUT2D eigenvalue weighted by atomic mass is 19.1. The van der Waals surface area contributed by atoms with Gasteiger partial charge < -0.3 is 15.4 Å². The molecular weight excluding hydrogens is 357 g/mol. The number of aromatic hydroxyl groups is 1. The smallest absolute Gasteiger partial charge is 0.165 e. The topological polar surface area (TPSA) is 89.6 Å². The molecule has 28 heavy (non-hydrogen) atoms. The molecule has 0 bridgehead atoms. The fraction of sp³-hybridized carbons (Fsp3) is 0.190. The lowest BCUT2D eigenvalue weighted by atomic mass is 9.96. The lowest BCUT2D eigenvalue weighted by Crippen LogP contribution is -2.18. The molecule has 0 saturated heterocycles. The second kappa shape index (κ2) is 6.45. The third-order valence-electron chi connectivity index (χ3n) is 5.23. The number of halogens is 1. The van der Waals surface area contributed by atoms with Crippen LogP contribution in [0.1, 0.15) is 23.9 Å². The molecule has 3 heterocycles. The largest absolute Gasteiger partial charge is 0.505 e. The summed E-state index contributed by atoms with van der Waals surface area (Å²) in [5.74, 6) is -0.200. The van der Waals surface area contributed by atoms with Crippen LogP contribution in [0.5, 0.6) is 5.75 Å². The number of hydrogen-bond acceptors (Lipinski definition) is 4. The van der Waals surface area contributed by atoms with Crippen molar-refractivity contribution in [1.82, 2.24) is 25.5 Å². The van der Waals surface area contributed by atoms with E-state index in [1.165, 1.54) is 12.1 Å². The van der Waals surface area contributed by atoms with E-state index in [-0.39, 0.29) is 5.75 Å². The van der Waals surface area contributed by atoms with E-state index >= 15 is 0 Å². The van der Waals surface area contributed by atoms with E-state index in [1.807, 2.05) is 31.7 Å². The van der Waals surface area contributed by atoms with Gasteiger partial charge in [-0.1, -0.05) is 13.0 Å². The molecule has 0 unspecified atom stereocenters. The summed E-state index contributed by atoms with van der Waals surface area (Å²) in [5, 5.41) is 21.3. The van der Waals surface area contributed by atoms with Crippen molar-refractivity contribution in [3.63, 3.8) is 0 Å². The Bertz CT molecular complexity index is 1170. The average Bonchev–Trinajstić information content (AvgIpc) is 3.32. The van der Waals surface area contributed by atoms with Crippen LogP contribution in [-0.2, 0) is 19.4 Å². The molecule has 0 aliphatic carbocycles. The molecule has 1 radical (unpaired) electrons. The molecule has 1 aliphatic heterocycles. The first-order chi connectivity index (χ1) is 13.6. The maximum Gasteiger partial charge on any atom is 0.165 e. The van der Waals surface area contributed by atoms with Crippen molar-refractivity contribution in [2.75, 3.05) is 0 Å². The number of nitrogens with zero attached hydrogens (tertiary/aromatic N) is 2. The average molecular weight is 376 g/mol. The summed E-state index contributed by atoms with van der Waals surface area (Å²) in [7, 11) is 0. The number of aromatic amines is 2. The number of aryl methyl sites for hydroxylation is 1. The summed E-state index contributed by atoms with van der Waals surface area (Å²) in [4.78, 5) is 8.04. The van der Waals surface area contributed by atoms with Crippen molar-refractivity contribution in [3.05, 3.63) is 59.6 Å². The molecule has 0 amide bonds. The molecule has 7 heteroatoms. The van der Waals surface area contributed by atoms with Crippen molar-refractivity contribution < 1.29 is 9.50 Å². The molecule has 4 N–H and O–H groups in total. The van der Waals surface area contributed by atoms with Crippen LogP contribution in [0, 0.1) is 12.4 Å². The van der Waals surface area contributed by atoms with Gasteiger partial charge in [0.1, 0.15) is 5.69 Å². The van der Waals surface area contributed by atoms with Crippen molar-refractivity contribution in [3.8, 4) is 28.4 Å². The minimum absolute atomic E-state index is 0.320. The van der Waals surface area contributed by atoms with Crippen molar-refractivity contribution in [2.45, 2.75) is 26.3 Å². The second-order valence-electron chi connectivity index (χ2n) is 6.95. The molecule has 0 spiro atoms. The summed E-state index contributed by atoms with van der Waals surface area (Å²) < 4.78 is 13.9. The third kappa shape index (κ3) is 2.66. The first kappa shape index (κ1) is 16.9. The van der Waals surface area contributed by atoms with Gasteiger partial charge in [0.05, 0.1) is 16.9 Å². The molecule has 0 fully saturated rings. The number of H-pyrrole nitrogens is 2. The lowest BCUT2D eigenvalue weighted by Gasteiger charge is -2.10. The third-order valence-corrected chi connectivity index (χ3v) is 5.23. The maximum absolute atomic E-state index is 13.9. The van der Waals surface area contributed by atoms with Gasteiger partial charge in [0.25, 0.3) is 0 Å². The Hall–Kier alpha value is -3.19. The summed E-state index contributed by atoms with van der Waals surface area (Å²) in [6, 6.07) is 8.75. The van der Waals surface area contributed by atoms with Crippen LogP contribution < -0.4 is 5.32 Å². The van der Waals surface area contributed by atoms with Gasteiger partial charge in [-0.15, -0.1) is 0 Å². The maximum atomic E-state index is 13.9. The molecule has 2 aromatic carbocycles. The fourth-order valence-corrected chi connectivity index (χ4v) is 3.75. The van der Waals surface area contributed by atoms with Crippen LogP contribution in [0.4, 0.5) is 4.39 Å². The van der Waals surface area contributed by atoms with Gasteiger partial charge in [-0.05, 0) is 47.4 Å². The van der Waals surface area contributed by atoms with Gasteiger partial charge in [0.2, 0.25) is 0 Å². The lowest BCUT2D eigenvalue weighted by molar-refractivity contribution is 0.432. The first-order valence-electron chi connectivity index (χ1n) is 9.27. The minimum atomic E-state index is -0.621. The Morgan fingerprint density at radius 1 is 1.21 bits per heavy atom. The number of rotatable bonds is 3. The number of nitrogens with one attached hydrogen (secondary N) is 3. The second-order valence-corrected chi connectivity index (χ2v) is 6.95. The standard InChI is InChI=1S/C21H19FN5O/c1-2-11-8-19(28)15(22)9-14(11)12-3-4-13-17(7-12)26-27-20(13)21-24-16-5-6-23-10-18(16)25-21/h3-4,6-9,23,28H,2,5,10H2,1H3,(H,24,25)(H,26,27). The van der Waals surface area contributed by atoms with E-state index in [2.05, 4.69) is 25.5 Å². The van der Waals surface area contributed by atoms with Crippen LogP contribution >= 0.6 is 0 Å². The van der Waals surface area contributed by atoms with E-state index in [0.717, 1.165) is 63.5 Å². The van der Waals surface area contributed by atoms with E-state index in [9.17, 15) is 9.50 Å². The zero-order valence-corrected chi connectivity index (χ0v) is 15.3. The van der Waals surface area contributed by atoms with Gasteiger partial charge in [0.15, 0.2) is 17.4 Å². The predicted octanol–water partition coefficient (Wildman–Crippen LogP) is 3.83. The number of imidazole rings is 1. The zero-order valence-electron chi connectivity index (χ0n) is 15.3. The van der Waals surface area contributed by atoms with Gasteiger partial charge in [-0.2, -0.15) is 5.10 Å².